The van der Waals surface area contributed by atoms with Gasteiger partial charge in [-0.2, -0.15) is 0 Å². The van der Waals surface area contributed by atoms with E-state index in [1.807, 2.05) is 12.1 Å². The zero-order valence-electron chi connectivity index (χ0n) is 9.16. The van der Waals surface area contributed by atoms with Gasteiger partial charge in [0.1, 0.15) is 0 Å². The first-order chi connectivity index (χ1) is 7.69. The lowest BCUT2D eigenvalue weighted by Gasteiger charge is -2.42. The van der Waals surface area contributed by atoms with Crippen LogP contribution in [0.25, 0.3) is 0 Å². The summed E-state index contributed by atoms with van der Waals surface area (Å²) in [5.74, 6) is 0. The molecule has 2 rings (SSSR count). The van der Waals surface area contributed by atoms with Crippen molar-refractivity contribution in [3.05, 3.63) is 23.8 Å². The van der Waals surface area contributed by atoms with Gasteiger partial charge >= 0.3 is 0 Å². The second-order valence-corrected chi connectivity index (χ2v) is 4.41. The van der Waals surface area contributed by atoms with Crippen LogP contribution in [0.5, 0.6) is 0 Å². The van der Waals surface area contributed by atoms with Crippen molar-refractivity contribution in [2.45, 2.75) is 24.8 Å². The van der Waals surface area contributed by atoms with Gasteiger partial charge < -0.3 is 21.6 Å². The summed E-state index contributed by atoms with van der Waals surface area (Å²) in [6.45, 7) is 0.150. The number of nitrogens with one attached hydrogen (secondary N) is 2. The van der Waals surface area contributed by atoms with Gasteiger partial charge in [-0.1, -0.05) is 0 Å². The van der Waals surface area contributed by atoms with E-state index < -0.39 is 0 Å². The van der Waals surface area contributed by atoms with Crippen LogP contribution in [0.2, 0.25) is 0 Å². The van der Waals surface area contributed by atoms with Gasteiger partial charge in [-0.25, -0.2) is 0 Å². The molecule has 0 heterocycles. The summed E-state index contributed by atoms with van der Waals surface area (Å²) < 4.78 is 0. The summed E-state index contributed by atoms with van der Waals surface area (Å²) in [6.07, 6.45) is 4.38. The lowest BCUT2D eigenvalue weighted by molar-refractivity contribution is 0.144. The first-order valence-corrected chi connectivity index (χ1v) is 5.48. The van der Waals surface area contributed by atoms with Crippen LogP contribution >= 0.6 is 0 Å². The van der Waals surface area contributed by atoms with Gasteiger partial charge in [0.25, 0.3) is 0 Å². The third-order valence-electron chi connectivity index (χ3n) is 3.27. The normalized spacial score (nSPS) is 17.6. The highest BCUT2D eigenvalue weighted by Gasteiger charge is 2.36. The predicted octanol–water partition coefficient (Wildman–Crippen LogP) is 1.59. The van der Waals surface area contributed by atoms with Crippen LogP contribution in [0.15, 0.2) is 18.2 Å². The number of rotatable bonds is 4. The Bertz CT molecular complexity index is 394. The number of aliphatic hydroxyl groups is 1. The van der Waals surface area contributed by atoms with Crippen LogP contribution < -0.4 is 11.1 Å². The Morgan fingerprint density at radius 3 is 2.75 bits per heavy atom. The predicted molar refractivity (Wildman–Crippen MR) is 66.0 cm³/mol. The molecule has 1 saturated carbocycles. The van der Waals surface area contributed by atoms with Crippen LogP contribution in [-0.2, 0) is 0 Å². The second kappa shape index (κ2) is 4.14. The molecule has 86 valence electrons. The molecule has 1 aromatic carbocycles. The molecule has 4 nitrogen and oxygen atoms in total. The summed E-state index contributed by atoms with van der Waals surface area (Å²) in [4.78, 5) is 0. The van der Waals surface area contributed by atoms with Crippen molar-refractivity contribution in [2.75, 3.05) is 17.7 Å². The fourth-order valence-electron chi connectivity index (χ4n) is 2.01. The largest absolute Gasteiger partial charge is 0.398 e. The van der Waals surface area contributed by atoms with Gasteiger partial charge in [0.05, 0.1) is 12.1 Å². The van der Waals surface area contributed by atoms with Gasteiger partial charge in [-0.05, 0) is 37.5 Å². The van der Waals surface area contributed by atoms with Crippen molar-refractivity contribution in [1.29, 1.82) is 5.41 Å². The first kappa shape index (κ1) is 11.0. The number of anilines is 2. The molecule has 0 spiro atoms. The topological polar surface area (TPSA) is 82.1 Å². The zero-order valence-corrected chi connectivity index (χ0v) is 9.16. The van der Waals surface area contributed by atoms with Gasteiger partial charge in [-0.3, -0.25) is 0 Å². The molecular weight excluding hydrogens is 202 g/mol. The Labute approximate surface area is 95.0 Å². The van der Waals surface area contributed by atoms with Crippen LogP contribution in [0.3, 0.4) is 0 Å². The van der Waals surface area contributed by atoms with Gasteiger partial charge in [0, 0.05) is 23.2 Å². The van der Waals surface area contributed by atoms with E-state index in [0.29, 0.717) is 11.3 Å². The number of nitrogen functional groups attached to an aromatic ring is 1. The molecule has 0 radical (unpaired) electrons. The summed E-state index contributed by atoms with van der Waals surface area (Å²) in [5.41, 5.74) is 7.78. The number of hydrogen-bond acceptors (Lipinski definition) is 4. The highest BCUT2D eigenvalue weighted by atomic mass is 16.3. The number of benzene rings is 1. The van der Waals surface area contributed by atoms with Crippen LogP contribution in [0.4, 0.5) is 11.4 Å². The molecule has 0 amide bonds. The van der Waals surface area contributed by atoms with Crippen molar-refractivity contribution in [3.63, 3.8) is 0 Å². The van der Waals surface area contributed by atoms with Gasteiger partial charge in [0.2, 0.25) is 0 Å². The third kappa shape index (κ3) is 1.88. The van der Waals surface area contributed by atoms with Crippen molar-refractivity contribution in [1.82, 2.24) is 0 Å². The van der Waals surface area contributed by atoms with Crippen LogP contribution in [0, 0.1) is 5.41 Å². The Kier molecular flexibility index (Phi) is 2.83. The Morgan fingerprint density at radius 2 is 2.25 bits per heavy atom. The van der Waals surface area contributed by atoms with E-state index in [-0.39, 0.29) is 12.1 Å². The molecule has 0 unspecified atom stereocenters. The maximum Gasteiger partial charge on any atom is 0.0661 e. The van der Waals surface area contributed by atoms with Crippen molar-refractivity contribution < 1.29 is 5.11 Å². The maximum absolute atomic E-state index is 9.35. The van der Waals surface area contributed by atoms with Crippen LogP contribution in [0.1, 0.15) is 24.8 Å². The molecule has 4 heteroatoms. The molecule has 1 fully saturated rings. The summed E-state index contributed by atoms with van der Waals surface area (Å²) in [7, 11) is 0. The second-order valence-electron chi connectivity index (χ2n) is 4.41. The summed E-state index contributed by atoms with van der Waals surface area (Å²) >= 11 is 0. The smallest absolute Gasteiger partial charge is 0.0661 e. The highest BCUT2D eigenvalue weighted by Crippen LogP contribution is 2.35. The number of hydrogen-bond donors (Lipinski definition) is 4. The van der Waals surface area contributed by atoms with E-state index >= 15 is 0 Å². The minimum atomic E-state index is -0.157. The summed E-state index contributed by atoms with van der Waals surface area (Å²) in [6, 6.07) is 5.52. The molecule has 5 N–H and O–H groups in total. The Morgan fingerprint density at radius 1 is 1.50 bits per heavy atom. The SMILES string of the molecule is N=Cc1cc(NC2(CO)CCC2)ccc1N. The Balaban J connectivity index is 2.18. The van der Waals surface area contributed by atoms with Gasteiger partial charge in [-0.15, -0.1) is 0 Å². The van der Waals surface area contributed by atoms with Crippen molar-refractivity contribution >= 4 is 17.6 Å². The van der Waals surface area contributed by atoms with E-state index in [9.17, 15) is 5.11 Å². The van der Waals surface area contributed by atoms with Crippen LogP contribution in [-0.4, -0.2) is 23.5 Å². The minimum Gasteiger partial charge on any atom is -0.398 e. The molecule has 16 heavy (non-hydrogen) atoms. The average Bonchev–Trinajstić information content (AvgIpc) is 2.25. The lowest BCUT2D eigenvalue weighted by atomic mass is 9.77. The molecule has 0 saturated heterocycles. The monoisotopic (exact) mass is 219 g/mol. The third-order valence-corrected chi connectivity index (χ3v) is 3.27. The lowest BCUT2D eigenvalue weighted by Crippen LogP contribution is -2.48. The Hall–Kier alpha value is -1.55. The molecule has 1 aromatic rings. The average molecular weight is 219 g/mol. The van der Waals surface area contributed by atoms with Crippen molar-refractivity contribution in [3.8, 4) is 0 Å². The van der Waals surface area contributed by atoms with E-state index in [4.69, 9.17) is 11.1 Å². The first-order valence-electron chi connectivity index (χ1n) is 5.48. The van der Waals surface area contributed by atoms with Crippen molar-refractivity contribution in [2.24, 2.45) is 0 Å². The standard InChI is InChI=1S/C12H17N3O/c13-7-9-6-10(2-3-11(9)14)15-12(8-16)4-1-5-12/h2-3,6-7,13,15-16H,1,4-5,8,14H2. The molecule has 1 aliphatic carbocycles. The molecule has 0 atom stereocenters. The number of aliphatic hydroxyl groups excluding tert-OH is 1. The summed E-state index contributed by atoms with van der Waals surface area (Å²) in [5, 5.41) is 19.9. The van der Waals surface area contributed by atoms with Gasteiger partial charge in [0.15, 0.2) is 0 Å². The maximum atomic E-state index is 9.35. The minimum absolute atomic E-state index is 0.150. The molecule has 0 aliphatic heterocycles. The zero-order chi connectivity index (χ0) is 11.6. The van der Waals surface area contributed by atoms with E-state index in [1.165, 1.54) is 6.21 Å². The van der Waals surface area contributed by atoms with E-state index in [2.05, 4.69) is 5.32 Å². The molecular formula is C12H17N3O. The molecule has 1 aliphatic rings. The highest BCUT2D eigenvalue weighted by molar-refractivity contribution is 5.86. The number of nitrogens with two attached hydrogens (primary N) is 1. The van der Waals surface area contributed by atoms with E-state index in [1.54, 1.807) is 6.07 Å². The fourth-order valence-corrected chi connectivity index (χ4v) is 2.01. The fraction of sp³-hybridized carbons (Fsp3) is 0.417. The molecule has 0 bridgehead atoms. The quantitative estimate of drug-likeness (QED) is 0.458. The molecule has 0 aromatic heterocycles. The van der Waals surface area contributed by atoms with E-state index in [0.717, 1.165) is 24.9 Å².